The van der Waals surface area contributed by atoms with Gasteiger partial charge in [0.05, 0.1) is 5.56 Å². The van der Waals surface area contributed by atoms with E-state index in [1.165, 1.54) is 18.2 Å². The first-order valence-corrected chi connectivity index (χ1v) is 5.76. The number of carbonyl (C=O) groups excluding carboxylic acids is 1. The molecule has 0 fully saturated rings. The lowest BCUT2D eigenvalue weighted by Crippen LogP contribution is -2.41. The summed E-state index contributed by atoms with van der Waals surface area (Å²) in [4.78, 5) is 22.6. The number of benzene rings is 1. The highest BCUT2D eigenvalue weighted by atomic mass is 32.1. The van der Waals surface area contributed by atoms with Crippen molar-refractivity contribution in [1.29, 1.82) is 0 Å². The number of hydrogen-bond donors (Lipinski definition) is 5. The van der Waals surface area contributed by atoms with E-state index in [0.29, 0.717) is 5.75 Å². The molecule has 0 aromatic heterocycles. The Hall–Kier alpha value is -1.89. The number of hydrogen-bond acceptors (Lipinski definition) is 5. The maximum Gasteiger partial charge on any atom is 0.326 e. The number of nitrogens with one attached hydrogen (secondary N) is 1. The molecule has 98 valence electrons. The Morgan fingerprint density at radius 1 is 1.33 bits per heavy atom. The van der Waals surface area contributed by atoms with Gasteiger partial charge in [0, 0.05) is 0 Å². The van der Waals surface area contributed by atoms with Crippen molar-refractivity contribution in [2.24, 2.45) is 0 Å². The van der Waals surface area contributed by atoms with Gasteiger partial charge in [-0.2, -0.15) is 12.6 Å². The predicted molar refractivity (Wildman–Crippen MR) is 67.1 cm³/mol. The summed E-state index contributed by atoms with van der Waals surface area (Å²) in [6, 6.07) is 2.79. The van der Waals surface area contributed by atoms with Gasteiger partial charge in [-0.05, 0) is 24.3 Å². The van der Waals surface area contributed by atoms with Crippen LogP contribution in [0.4, 0.5) is 0 Å². The van der Waals surface area contributed by atoms with Crippen LogP contribution in [0, 0.1) is 0 Å². The van der Waals surface area contributed by atoms with Crippen LogP contribution in [-0.2, 0) is 4.79 Å². The second-order valence-corrected chi connectivity index (χ2v) is 4.00. The van der Waals surface area contributed by atoms with Gasteiger partial charge in [0.1, 0.15) is 6.04 Å². The second kappa shape index (κ2) is 6.15. The van der Waals surface area contributed by atoms with Gasteiger partial charge < -0.3 is 20.6 Å². The van der Waals surface area contributed by atoms with Crippen LogP contribution in [0.5, 0.6) is 11.5 Å². The van der Waals surface area contributed by atoms with Crippen molar-refractivity contribution in [3.63, 3.8) is 0 Å². The summed E-state index contributed by atoms with van der Waals surface area (Å²) in [5.41, 5.74) is -0.180. The van der Waals surface area contributed by atoms with Gasteiger partial charge in [0.15, 0.2) is 11.5 Å². The molecule has 0 saturated heterocycles. The minimum atomic E-state index is -1.18. The third-order valence-corrected chi connectivity index (χ3v) is 2.54. The number of phenols is 2. The molecular formula is C11H13NO5S. The Kier molecular flexibility index (Phi) is 4.85. The molecule has 1 atom stereocenters. The highest BCUT2D eigenvalue weighted by molar-refractivity contribution is 7.80. The molecule has 0 aliphatic heterocycles. The topological polar surface area (TPSA) is 107 Å². The predicted octanol–water partition coefficient (Wildman–Crippen LogP) is 0.601. The van der Waals surface area contributed by atoms with E-state index in [1.54, 1.807) is 0 Å². The molecule has 0 aliphatic carbocycles. The van der Waals surface area contributed by atoms with Crippen LogP contribution in [0.2, 0.25) is 0 Å². The lowest BCUT2D eigenvalue weighted by molar-refractivity contribution is -0.139. The van der Waals surface area contributed by atoms with Crippen LogP contribution in [0.25, 0.3) is 0 Å². The van der Waals surface area contributed by atoms with E-state index in [0.717, 1.165) is 0 Å². The van der Waals surface area contributed by atoms with E-state index < -0.39 is 29.4 Å². The first-order valence-electron chi connectivity index (χ1n) is 5.12. The number of carboxylic acids is 1. The number of phenolic OH excluding ortho intramolecular Hbond substituents is 2. The van der Waals surface area contributed by atoms with E-state index in [-0.39, 0.29) is 12.0 Å². The average molecular weight is 271 g/mol. The molecule has 1 aromatic rings. The molecule has 0 saturated carbocycles. The second-order valence-electron chi connectivity index (χ2n) is 3.55. The fraction of sp³-hybridized carbons (Fsp3) is 0.273. The van der Waals surface area contributed by atoms with Gasteiger partial charge in [0.25, 0.3) is 5.91 Å². The highest BCUT2D eigenvalue weighted by Crippen LogP contribution is 2.28. The third-order valence-electron chi connectivity index (χ3n) is 2.28. The molecule has 1 rings (SSSR count). The lowest BCUT2D eigenvalue weighted by Gasteiger charge is -2.14. The largest absolute Gasteiger partial charge is 0.504 e. The number of carboxylic acid groups (broad SMARTS) is 1. The number of para-hydroxylation sites is 1. The minimum absolute atomic E-state index is 0.157. The van der Waals surface area contributed by atoms with Crippen molar-refractivity contribution < 1.29 is 24.9 Å². The Morgan fingerprint density at radius 2 is 2.00 bits per heavy atom. The van der Waals surface area contributed by atoms with Crippen molar-refractivity contribution in [3.05, 3.63) is 23.8 Å². The van der Waals surface area contributed by atoms with Gasteiger partial charge in [-0.25, -0.2) is 4.79 Å². The molecule has 0 aliphatic rings. The Balaban J connectivity index is 2.87. The molecule has 4 N–H and O–H groups in total. The molecule has 18 heavy (non-hydrogen) atoms. The van der Waals surface area contributed by atoms with Gasteiger partial charge in [-0.3, -0.25) is 4.79 Å². The van der Waals surface area contributed by atoms with Crippen LogP contribution in [0.1, 0.15) is 16.8 Å². The summed E-state index contributed by atoms with van der Waals surface area (Å²) in [7, 11) is 0. The lowest BCUT2D eigenvalue weighted by atomic mass is 10.1. The quantitative estimate of drug-likeness (QED) is 0.398. The maximum atomic E-state index is 11.7. The van der Waals surface area contributed by atoms with E-state index in [4.69, 9.17) is 5.11 Å². The highest BCUT2D eigenvalue weighted by Gasteiger charge is 2.22. The molecule has 6 nitrogen and oxygen atoms in total. The van der Waals surface area contributed by atoms with Crippen LogP contribution in [0.15, 0.2) is 18.2 Å². The smallest absolute Gasteiger partial charge is 0.326 e. The minimum Gasteiger partial charge on any atom is -0.504 e. The maximum absolute atomic E-state index is 11.7. The molecule has 1 amide bonds. The fourth-order valence-corrected chi connectivity index (χ4v) is 1.60. The molecule has 0 bridgehead atoms. The van der Waals surface area contributed by atoms with Gasteiger partial charge in [-0.1, -0.05) is 6.07 Å². The van der Waals surface area contributed by atoms with E-state index in [1.807, 2.05) is 0 Å². The Labute approximate surface area is 109 Å². The molecule has 7 heteroatoms. The number of aliphatic carboxylic acids is 1. The average Bonchev–Trinajstić information content (AvgIpc) is 2.31. The summed E-state index contributed by atoms with van der Waals surface area (Å²) >= 11 is 3.90. The van der Waals surface area contributed by atoms with Crippen molar-refractivity contribution in [3.8, 4) is 11.5 Å². The first-order chi connectivity index (χ1) is 8.47. The standard InChI is InChI=1S/C11H13NO5S/c13-8-3-1-2-6(9(8)14)10(15)12-7(4-5-18)11(16)17/h1-3,7,13-14,18H,4-5H2,(H,12,15)(H,16,17). The first kappa shape index (κ1) is 14.2. The van der Waals surface area contributed by atoms with E-state index >= 15 is 0 Å². The van der Waals surface area contributed by atoms with Crippen LogP contribution in [0.3, 0.4) is 0 Å². The van der Waals surface area contributed by atoms with E-state index in [2.05, 4.69) is 17.9 Å². The molecule has 0 spiro atoms. The summed E-state index contributed by atoms with van der Waals surface area (Å²) in [6.45, 7) is 0. The van der Waals surface area contributed by atoms with Gasteiger partial charge in [-0.15, -0.1) is 0 Å². The monoisotopic (exact) mass is 271 g/mol. The van der Waals surface area contributed by atoms with Crippen molar-refractivity contribution in [2.75, 3.05) is 5.75 Å². The SMILES string of the molecule is O=C(NC(CCS)C(=O)O)c1cccc(O)c1O. The number of carbonyl (C=O) groups is 2. The molecular weight excluding hydrogens is 258 g/mol. The normalized spacial score (nSPS) is 11.8. The molecule has 1 aromatic carbocycles. The van der Waals surface area contributed by atoms with Gasteiger partial charge in [0.2, 0.25) is 0 Å². The van der Waals surface area contributed by atoms with Gasteiger partial charge >= 0.3 is 5.97 Å². The zero-order valence-electron chi connectivity index (χ0n) is 9.33. The number of aromatic hydroxyl groups is 2. The Bertz CT molecular complexity index is 463. The number of rotatable bonds is 5. The summed E-state index contributed by atoms with van der Waals surface area (Å²) in [6.07, 6.45) is 0.157. The summed E-state index contributed by atoms with van der Waals surface area (Å²) < 4.78 is 0. The summed E-state index contributed by atoms with van der Waals surface area (Å²) in [5.74, 6) is -2.67. The molecule has 1 unspecified atom stereocenters. The van der Waals surface area contributed by atoms with Crippen molar-refractivity contribution >= 4 is 24.5 Å². The Morgan fingerprint density at radius 3 is 2.56 bits per heavy atom. The fourth-order valence-electron chi connectivity index (χ4n) is 1.34. The zero-order chi connectivity index (χ0) is 13.7. The van der Waals surface area contributed by atoms with E-state index in [9.17, 15) is 19.8 Å². The van der Waals surface area contributed by atoms with Crippen molar-refractivity contribution in [1.82, 2.24) is 5.32 Å². The van der Waals surface area contributed by atoms with Crippen LogP contribution < -0.4 is 5.32 Å². The molecule has 0 radical (unpaired) electrons. The van der Waals surface area contributed by atoms with Crippen LogP contribution >= 0.6 is 12.6 Å². The van der Waals surface area contributed by atoms with Crippen LogP contribution in [-0.4, -0.2) is 39.0 Å². The molecule has 0 heterocycles. The third kappa shape index (κ3) is 3.30. The number of thiol groups is 1. The summed E-state index contributed by atoms with van der Waals surface area (Å²) in [5, 5.41) is 29.8. The zero-order valence-corrected chi connectivity index (χ0v) is 10.2. The van der Waals surface area contributed by atoms with Crippen molar-refractivity contribution in [2.45, 2.75) is 12.5 Å². The number of amides is 1.